The topological polar surface area (TPSA) is 92.7 Å². The molecular weight excluding hydrogens is 379 g/mol. The zero-order valence-corrected chi connectivity index (χ0v) is 18.1. The molecule has 0 N–H and O–H groups in total. The minimum absolute atomic E-state index is 0.481. The van der Waals surface area contributed by atoms with Crippen molar-refractivity contribution in [1.82, 2.24) is 0 Å². The van der Waals surface area contributed by atoms with Gasteiger partial charge >= 0.3 is 0 Å². The average Bonchev–Trinajstić information content (AvgIpc) is 2.46. The number of hydrogen-bond donors (Lipinski definition) is 0. The van der Waals surface area contributed by atoms with Crippen LogP contribution in [0.1, 0.15) is 39.5 Å². The lowest BCUT2D eigenvalue weighted by Crippen LogP contribution is -2.09. The van der Waals surface area contributed by atoms with Crippen molar-refractivity contribution in [2.24, 2.45) is 0 Å². The van der Waals surface area contributed by atoms with Gasteiger partial charge in [-0.2, -0.15) is 0 Å². The monoisotopic (exact) mass is 410 g/mol. The van der Waals surface area contributed by atoms with Gasteiger partial charge in [-0.15, -0.1) is 0 Å². The molecule has 0 rings (SSSR count). The molecule has 0 saturated heterocycles. The van der Waals surface area contributed by atoms with Gasteiger partial charge in [0.05, 0.1) is 20.0 Å². The van der Waals surface area contributed by atoms with Gasteiger partial charge in [-0.1, -0.05) is 37.6 Å². The molecule has 0 aliphatic carbocycles. The molecule has 2 atom stereocenters. The van der Waals surface area contributed by atoms with E-state index in [4.69, 9.17) is 4.52 Å². The normalized spacial score (nSPS) is 15.4. The van der Waals surface area contributed by atoms with E-state index in [0.29, 0.717) is 17.5 Å². The third-order valence-electron chi connectivity index (χ3n) is 2.78. The minimum Gasteiger partial charge on any atom is -0.726 e. The standard InChI is InChI=1S/C12H28O2PS2.CH4O4S/c1-5-7-8-9-10-14-15(3,13)16-11-12-17(4)6-2;1-5-6(2,3)4/h5-12H2,1-4H3;1H3,(H,2,3,4)/q+1;/p-1. The smallest absolute Gasteiger partial charge is 0.254 e. The van der Waals surface area contributed by atoms with E-state index in [9.17, 15) is 17.5 Å². The third kappa shape index (κ3) is 22.8. The van der Waals surface area contributed by atoms with Crippen molar-refractivity contribution in [3.8, 4) is 0 Å². The zero-order valence-electron chi connectivity index (χ0n) is 14.8. The Kier molecular flexibility index (Phi) is 17.0. The number of unbranched alkanes of at least 4 members (excludes halogenated alkanes) is 3. The number of hydrogen-bond acceptors (Lipinski definition) is 7. The predicted octanol–water partition coefficient (Wildman–Crippen LogP) is 3.50. The van der Waals surface area contributed by atoms with Gasteiger partial charge in [-0.25, -0.2) is 8.42 Å². The van der Waals surface area contributed by atoms with Crippen LogP contribution in [-0.4, -0.2) is 56.9 Å². The maximum Gasteiger partial charge on any atom is 0.254 e. The Morgan fingerprint density at radius 2 is 1.78 bits per heavy atom. The average molecular weight is 411 g/mol. The summed E-state index contributed by atoms with van der Waals surface area (Å²) in [4.78, 5) is 0. The largest absolute Gasteiger partial charge is 0.726 e. The molecular formula is C13H31O6PS3. The molecule has 6 nitrogen and oxygen atoms in total. The second kappa shape index (κ2) is 15.0. The summed E-state index contributed by atoms with van der Waals surface area (Å²) in [6.45, 7) is 4.44. The molecule has 2 unspecified atom stereocenters. The summed E-state index contributed by atoms with van der Waals surface area (Å²) in [5, 5.41) is 0. The second-order valence-corrected chi connectivity index (χ2v) is 13.8. The highest BCUT2D eigenvalue weighted by atomic mass is 32.7. The molecule has 0 heterocycles. The van der Waals surface area contributed by atoms with E-state index < -0.39 is 17.0 Å². The molecule has 0 aliphatic heterocycles. The summed E-state index contributed by atoms with van der Waals surface area (Å²) >= 11 is 1.53. The fraction of sp³-hybridized carbons (Fsp3) is 1.00. The van der Waals surface area contributed by atoms with Gasteiger partial charge in [0, 0.05) is 12.4 Å². The lowest BCUT2D eigenvalue weighted by molar-refractivity contribution is 0.314. The van der Waals surface area contributed by atoms with Crippen LogP contribution >= 0.6 is 18.0 Å². The lowest BCUT2D eigenvalue weighted by Gasteiger charge is -2.12. The summed E-state index contributed by atoms with van der Waals surface area (Å²) in [7, 11) is -3.12. The summed E-state index contributed by atoms with van der Waals surface area (Å²) < 4.78 is 48.6. The molecule has 0 radical (unpaired) electrons. The second-order valence-electron chi connectivity index (χ2n) is 4.85. The van der Waals surface area contributed by atoms with E-state index in [1.54, 1.807) is 6.66 Å². The molecule has 0 amide bonds. The molecule has 10 heteroatoms. The van der Waals surface area contributed by atoms with Crippen molar-refractivity contribution >= 4 is 39.2 Å². The Bertz CT molecular complexity index is 416. The Morgan fingerprint density at radius 1 is 1.22 bits per heavy atom. The van der Waals surface area contributed by atoms with Crippen molar-refractivity contribution in [3.05, 3.63) is 0 Å². The molecule has 0 aromatic rings. The summed E-state index contributed by atoms with van der Waals surface area (Å²) in [5.41, 5.74) is 0. The predicted molar refractivity (Wildman–Crippen MR) is 101 cm³/mol. The Morgan fingerprint density at radius 3 is 2.22 bits per heavy atom. The van der Waals surface area contributed by atoms with E-state index in [2.05, 4.69) is 24.3 Å². The first kappa shape index (κ1) is 26.0. The van der Waals surface area contributed by atoms with Gasteiger partial charge in [-0.05, 0) is 24.2 Å². The van der Waals surface area contributed by atoms with Crippen LogP contribution in [0.5, 0.6) is 0 Å². The van der Waals surface area contributed by atoms with Crippen molar-refractivity contribution in [1.29, 1.82) is 0 Å². The fourth-order valence-corrected chi connectivity index (χ4v) is 5.99. The highest BCUT2D eigenvalue weighted by molar-refractivity contribution is 8.56. The van der Waals surface area contributed by atoms with E-state index in [0.717, 1.165) is 25.0 Å². The van der Waals surface area contributed by atoms with E-state index in [1.807, 2.05) is 0 Å². The highest BCUT2D eigenvalue weighted by Gasteiger charge is 2.18. The van der Waals surface area contributed by atoms with E-state index in [1.165, 1.54) is 36.4 Å². The van der Waals surface area contributed by atoms with Crippen LogP contribution in [0.25, 0.3) is 0 Å². The van der Waals surface area contributed by atoms with Crippen LogP contribution in [0.3, 0.4) is 0 Å². The van der Waals surface area contributed by atoms with E-state index >= 15 is 0 Å². The van der Waals surface area contributed by atoms with Gasteiger partial charge in [0.15, 0.2) is 0 Å². The third-order valence-corrected chi connectivity index (χ3v) is 9.11. The van der Waals surface area contributed by atoms with Gasteiger partial charge in [0.25, 0.3) is 6.57 Å². The first-order valence-electron chi connectivity index (χ1n) is 7.55. The van der Waals surface area contributed by atoms with Crippen molar-refractivity contribution in [3.63, 3.8) is 0 Å². The quantitative estimate of drug-likeness (QED) is 0.160. The van der Waals surface area contributed by atoms with Gasteiger partial charge in [0.2, 0.25) is 10.4 Å². The maximum absolute atomic E-state index is 12.1. The summed E-state index contributed by atoms with van der Waals surface area (Å²) in [6, 6.07) is 0. The van der Waals surface area contributed by atoms with Crippen molar-refractivity contribution in [2.45, 2.75) is 39.5 Å². The summed E-state index contributed by atoms with van der Waals surface area (Å²) in [6.07, 6.45) is 6.98. The first-order chi connectivity index (χ1) is 10.6. The van der Waals surface area contributed by atoms with Crippen LogP contribution in [0.2, 0.25) is 0 Å². The zero-order chi connectivity index (χ0) is 18.4. The summed E-state index contributed by atoms with van der Waals surface area (Å²) in [5.74, 6) is 3.36. The van der Waals surface area contributed by atoms with Crippen LogP contribution < -0.4 is 0 Å². The lowest BCUT2D eigenvalue weighted by atomic mass is 10.2. The van der Waals surface area contributed by atoms with Crippen molar-refractivity contribution in [2.75, 3.05) is 43.9 Å². The van der Waals surface area contributed by atoms with Gasteiger partial charge < -0.3 is 9.08 Å². The molecule has 0 fully saturated rings. The first-order valence-corrected chi connectivity index (χ1v) is 14.5. The van der Waals surface area contributed by atoms with Crippen LogP contribution in [-0.2, 0) is 34.6 Å². The SMILES string of the molecule is CCCCCCOP(C)(=O)SCC[S+](C)CC.COS(=O)(=O)[O-]. The van der Waals surface area contributed by atoms with E-state index in [-0.39, 0.29) is 0 Å². The Balaban J connectivity index is 0. The number of rotatable bonds is 12. The molecule has 0 aromatic carbocycles. The minimum atomic E-state index is -4.41. The van der Waals surface area contributed by atoms with Gasteiger partial charge in [-0.3, -0.25) is 8.75 Å². The fourth-order valence-electron chi connectivity index (χ4n) is 1.29. The van der Waals surface area contributed by atoms with Crippen molar-refractivity contribution < 1.29 is 26.2 Å². The Hall–Kier alpha value is 0.760. The molecule has 23 heavy (non-hydrogen) atoms. The van der Waals surface area contributed by atoms with Gasteiger partial charge in [0.1, 0.15) is 11.5 Å². The highest BCUT2D eigenvalue weighted by Crippen LogP contribution is 2.56. The Labute approximate surface area is 149 Å². The molecule has 0 aromatic heterocycles. The van der Waals surface area contributed by atoms with Crippen LogP contribution in [0.15, 0.2) is 0 Å². The van der Waals surface area contributed by atoms with Crippen LogP contribution in [0.4, 0.5) is 0 Å². The maximum atomic E-state index is 12.1. The van der Waals surface area contributed by atoms with Crippen LogP contribution in [0, 0.1) is 0 Å². The molecule has 0 aliphatic rings. The molecule has 0 saturated carbocycles. The molecule has 0 bridgehead atoms. The molecule has 142 valence electrons. The molecule has 0 spiro atoms.